The first-order valence-corrected chi connectivity index (χ1v) is 5.49. The van der Waals surface area contributed by atoms with Gasteiger partial charge in [-0.15, -0.1) is 0 Å². The number of hydrogen-bond donors (Lipinski definition) is 1. The second-order valence-corrected chi connectivity index (χ2v) is 6.09. The highest BCUT2D eigenvalue weighted by molar-refractivity contribution is 5.67. The van der Waals surface area contributed by atoms with Crippen LogP contribution in [0.4, 0.5) is 0 Å². The van der Waals surface area contributed by atoms with Crippen LogP contribution < -0.4 is 5.73 Å². The Bertz CT molecular complexity index is 239. The van der Waals surface area contributed by atoms with E-state index in [4.69, 9.17) is 5.73 Å². The summed E-state index contributed by atoms with van der Waals surface area (Å²) in [5.41, 5.74) is 6.44. The lowest BCUT2D eigenvalue weighted by molar-refractivity contribution is 0.122. The van der Waals surface area contributed by atoms with E-state index in [1.165, 1.54) is 0 Å². The average Bonchev–Trinajstić information content (AvgIpc) is 1.99. The van der Waals surface area contributed by atoms with E-state index in [0.29, 0.717) is 12.0 Å². The molecule has 14 heavy (non-hydrogen) atoms. The molecule has 2 N–H and O–H groups in total. The molecule has 0 aromatic carbocycles. The van der Waals surface area contributed by atoms with Crippen molar-refractivity contribution in [1.29, 1.82) is 0 Å². The van der Waals surface area contributed by atoms with Gasteiger partial charge in [-0.3, -0.25) is 4.99 Å². The van der Waals surface area contributed by atoms with Gasteiger partial charge in [0, 0.05) is 23.1 Å². The Kier molecular flexibility index (Phi) is 2.79. The molecule has 1 aliphatic heterocycles. The van der Waals surface area contributed by atoms with E-state index in [0.717, 1.165) is 0 Å². The summed E-state index contributed by atoms with van der Waals surface area (Å²) in [6, 6.07) is 0.533. The maximum Gasteiger partial charge on any atom is 0.0584 e. The van der Waals surface area contributed by atoms with Crippen LogP contribution in [0.2, 0.25) is 0 Å². The SMILES string of the molecule is CC(C)C1N=CC(C)(C)C(N)C1(C)C. The maximum absolute atomic E-state index is 6.33. The molecule has 0 aromatic heterocycles. The highest BCUT2D eigenvalue weighted by Crippen LogP contribution is 2.41. The number of rotatable bonds is 1. The first-order valence-electron chi connectivity index (χ1n) is 5.49. The van der Waals surface area contributed by atoms with Crippen molar-refractivity contribution >= 4 is 6.21 Å². The fraction of sp³-hybridized carbons (Fsp3) is 0.917. The smallest absolute Gasteiger partial charge is 0.0584 e. The van der Waals surface area contributed by atoms with Crippen molar-refractivity contribution in [3.8, 4) is 0 Å². The molecule has 0 amide bonds. The second-order valence-electron chi connectivity index (χ2n) is 6.09. The molecule has 2 atom stereocenters. The van der Waals surface area contributed by atoms with Crippen molar-refractivity contribution in [1.82, 2.24) is 0 Å². The number of aliphatic imine (C=N–C) groups is 1. The van der Waals surface area contributed by atoms with E-state index in [9.17, 15) is 0 Å². The molecule has 2 heteroatoms. The van der Waals surface area contributed by atoms with Crippen LogP contribution in [0.15, 0.2) is 4.99 Å². The molecular weight excluding hydrogens is 172 g/mol. The van der Waals surface area contributed by atoms with E-state index >= 15 is 0 Å². The fourth-order valence-corrected chi connectivity index (χ4v) is 2.72. The Morgan fingerprint density at radius 1 is 1.21 bits per heavy atom. The average molecular weight is 196 g/mol. The minimum Gasteiger partial charge on any atom is -0.326 e. The third-order valence-electron chi connectivity index (χ3n) is 3.56. The van der Waals surface area contributed by atoms with Crippen molar-refractivity contribution in [3.63, 3.8) is 0 Å². The summed E-state index contributed by atoms with van der Waals surface area (Å²) < 4.78 is 0. The van der Waals surface area contributed by atoms with Crippen LogP contribution in [0.3, 0.4) is 0 Å². The van der Waals surface area contributed by atoms with Gasteiger partial charge in [0.1, 0.15) is 0 Å². The zero-order valence-corrected chi connectivity index (χ0v) is 10.3. The van der Waals surface area contributed by atoms with Gasteiger partial charge in [0.15, 0.2) is 0 Å². The van der Waals surface area contributed by atoms with Crippen LogP contribution >= 0.6 is 0 Å². The van der Waals surface area contributed by atoms with Gasteiger partial charge in [0.2, 0.25) is 0 Å². The van der Waals surface area contributed by atoms with Gasteiger partial charge in [-0.05, 0) is 5.92 Å². The third-order valence-corrected chi connectivity index (χ3v) is 3.56. The van der Waals surface area contributed by atoms with Gasteiger partial charge in [0.25, 0.3) is 0 Å². The van der Waals surface area contributed by atoms with Crippen molar-refractivity contribution in [3.05, 3.63) is 0 Å². The Balaban J connectivity index is 3.06. The number of nitrogens with two attached hydrogens (primary N) is 1. The van der Waals surface area contributed by atoms with Crippen molar-refractivity contribution in [2.24, 2.45) is 27.5 Å². The quantitative estimate of drug-likeness (QED) is 0.687. The van der Waals surface area contributed by atoms with Gasteiger partial charge in [-0.2, -0.15) is 0 Å². The predicted molar refractivity (Wildman–Crippen MR) is 62.7 cm³/mol. The molecule has 1 heterocycles. The predicted octanol–water partition coefficient (Wildman–Crippen LogP) is 2.48. The standard InChI is InChI=1S/C12H24N2/c1-8(2)9-12(5,6)10(13)11(3,4)7-14-9/h7-10H,13H2,1-6H3. The lowest BCUT2D eigenvalue weighted by Gasteiger charge is -2.48. The van der Waals surface area contributed by atoms with Gasteiger partial charge in [-0.25, -0.2) is 0 Å². The van der Waals surface area contributed by atoms with Crippen LogP contribution in [0.1, 0.15) is 41.5 Å². The monoisotopic (exact) mass is 196 g/mol. The van der Waals surface area contributed by atoms with Crippen LogP contribution in [-0.4, -0.2) is 18.3 Å². The van der Waals surface area contributed by atoms with Crippen molar-refractivity contribution < 1.29 is 0 Å². The molecule has 0 aliphatic carbocycles. The van der Waals surface area contributed by atoms with E-state index in [1.807, 2.05) is 6.21 Å². The molecule has 2 nitrogen and oxygen atoms in total. The normalized spacial score (nSPS) is 34.9. The highest BCUT2D eigenvalue weighted by Gasteiger charge is 2.46. The molecule has 0 saturated carbocycles. The summed E-state index contributed by atoms with van der Waals surface area (Å²) in [7, 11) is 0. The first-order chi connectivity index (χ1) is 6.19. The lowest BCUT2D eigenvalue weighted by atomic mass is 9.63. The molecule has 0 aromatic rings. The van der Waals surface area contributed by atoms with Crippen LogP contribution in [-0.2, 0) is 0 Å². The molecule has 0 fully saturated rings. The minimum absolute atomic E-state index is 0.0227. The Hall–Kier alpha value is -0.370. The summed E-state index contributed by atoms with van der Waals surface area (Å²) in [4.78, 5) is 4.68. The fourth-order valence-electron chi connectivity index (χ4n) is 2.72. The van der Waals surface area contributed by atoms with E-state index in [2.05, 4.69) is 46.5 Å². The highest BCUT2D eigenvalue weighted by atomic mass is 14.9. The molecule has 1 rings (SSSR count). The Morgan fingerprint density at radius 2 is 1.71 bits per heavy atom. The largest absolute Gasteiger partial charge is 0.326 e. The molecule has 0 bridgehead atoms. The van der Waals surface area contributed by atoms with E-state index < -0.39 is 0 Å². The lowest BCUT2D eigenvalue weighted by Crippen LogP contribution is -2.57. The molecule has 82 valence electrons. The van der Waals surface area contributed by atoms with Crippen LogP contribution in [0, 0.1) is 16.7 Å². The zero-order chi connectivity index (χ0) is 11.1. The maximum atomic E-state index is 6.33. The van der Waals surface area contributed by atoms with E-state index in [1.54, 1.807) is 0 Å². The Morgan fingerprint density at radius 3 is 2.14 bits per heavy atom. The van der Waals surface area contributed by atoms with Gasteiger partial charge in [-0.1, -0.05) is 41.5 Å². The summed E-state index contributed by atoms with van der Waals surface area (Å²) >= 11 is 0. The van der Waals surface area contributed by atoms with Gasteiger partial charge < -0.3 is 5.73 Å². The Labute approximate surface area is 88.0 Å². The van der Waals surface area contributed by atoms with Gasteiger partial charge in [0.05, 0.1) is 6.04 Å². The molecule has 0 saturated heterocycles. The van der Waals surface area contributed by atoms with E-state index in [-0.39, 0.29) is 16.9 Å². The van der Waals surface area contributed by atoms with Crippen LogP contribution in [0.5, 0.6) is 0 Å². The molecule has 0 radical (unpaired) electrons. The zero-order valence-electron chi connectivity index (χ0n) is 10.3. The summed E-state index contributed by atoms with van der Waals surface area (Å²) in [5.74, 6) is 0.559. The molecular formula is C12H24N2. The summed E-state index contributed by atoms with van der Waals surface area (Å²) in [6.07, 6.45) is 2.05. The summed E-state index contributed by atoms with van der Waals surface area (Å²) in [5, 5.41) is 0. The molecule has 2 unspecified atom stereocenters. The number of hydrogen-bond acceptors (Lipinski definition) is 2. The topological polar surface area (TPSA) is 38.4 Å². The summed E-state index contributed by atoms with van der Waals surface area (Å²) in [6.45, 7) is 13.2. The minimum atomic E-state index is 0.0227. The van der Waals surface area contributed by atoms with Crippen molar-refractivity contribution in [2.75, 3.05) is 0 Å². The number of nitrogens with zero attached hydrogens (tertiary/aromatic N) is 1. The third kappa shape index (κ3) is 1.72. The second kappa shape index (κ2) is 3.34. The first kappa shape index (κ1) is 11.7. The molecule has 0 spiro atoms. The van der Waals surface area contributed by atoms with Gasteiger partial charge >= 0.3 is 0 Å². The van der Waals surface area contributed by atoms with Crippen molar-refractivity contribution in [2.45, 2.75) is 53.6 Å². The molecule has 1 aliphatic rings. The van der Waals surface area contributed by atoms with Crippen LogP contribution in [0.25, 0.3) is 0 Å².